The summed E-state index contributed by atoms with van der Waals surface area (Å²) in [6.45, 7) is -0.550. The highest BCUT2D eigenvalue weighted by atomic mass is 16.2. The average Bonchev–Trinajstić information content (AvgIpc) is 2.48. The Morgan fingerprint density at radius 2 is 1.91 bits per heavy atom. The van der Waals surface area contributed by atoms with Gasteiger partial charge in [-0.25, -0.2) is 0 Å². The van der Waals surface area contributed by atoms with Crippen LogP contribution in [0.25, 0.3) is 0 Å². The average molecular weight is 303 g/mol. The van der Waals surface area contributed by atoms with E-state index >= 15 is 0 Å². The van der Waals surface area contributed by atoms with Gasteiger partial charge in [0, 0.05) is 19.7 Å². The van der Waals surface area contributed by atoms with E-state index in [1.807, 2.05) is 0 Å². The predicted octanol–water partition coefficient (Wildman–Crippen LogP) is -0.584. The maximum atomic E-state index is 12.3. The molecule has 0 unspecified atom stereocenters. The van der Waals surface area contributed by atoms with Crippen molar-refractivity contribution in [2.75, 3.05) is 27.2 Å². The van der Waals surface area contributed by atoms with Gasteiger partial charge in [-0.05, 0) is 11.6 Å². The molecule has 7 heteroatoms. The minimum atomic E-state index is -0.545. The van der Waals surface area contributed by atoms with Gasteiger partial charge in [0.2, 0.25) is 17.7 Å². The van der Waals surface area contributed by atoms with Crippen molar-refractivity contribution in [2.24, 2.45) is 0 Å². The van der Waals surface area contributed by atoms with Gasteiger partial charge in [-0.3, -0.25) is 24.1 Å². The molecule has 1 heterocycles. The third-order valence-electron chi connectivity index (χ3n) is 3.37. The van der Waals surface area contributed by atoms with Crippen LogP contribution < -0.4 is 5.32 Å². The molecule has 0 fully saturated rings. The summed E-state index contributed by atoms with van der Waals surface area (Å²) in [4.78, 5) is 49.7. The Bertz CT molecular complexity index is 639. The molecule has 0 radical (unpaired) electrons. The highest BCUT2D eigenvalue weighted by Gasteiger charge is 2.31. The molecule has 0 spiro atoms. The first-order chi connectivity index (χ1) is 10.4. The van der Waals surface area contributed by atoms with E-state index in [0.29, 0.717) is 11.1 Å². The monoisotopic (exact) mass is 303 g/mol. The maximum Gasteiger partial charge on any atom is 0.261 e. The number of fused-ring (bicyclic) bond motifs is 1. The zero-order chi connectivity index (χ0) is 16.3. The van der Waals surface area contributed by atoms with Crippen LogP contribution in [0.4, 0.5) is 0 Å². The molecule has 1 aromatic carbocycles. The number of amides is 4. The summed E-state index contributed by atoms with van der Waals surface area (Å²) in [6, 6.07) is 6.82. The van der Waals surface area contributed by atoms with Crippen LogP contribution in [-0.4, -0.2) is 60.6 Å². The summed E-state index contributed by atoms with van der Waals surface area (Å²) in [5, 5.41) is 2.40. The molecule has 116 valence electrons. The van der Waals surface area contributed by atoms with Gasteiger partial charge in [0.15, 0.2) is 0 Å². The van der Waals surface area contributed by atoms with Gasteiger partial charge in [0.25, 0.3) is 5.91 Å². The van der Waals surface area contributed by atoms with E-state index in [9.17, 15) is 19.2 Å². The molecule has 1 aliphatic heterocycles. The Morgan fingerprint density at radius 3 is 2.59 bits per heavy atom. The topological polar surface area (TPSA) is 86.8 Å². The third kappa shape index (κ3) is 3.30. The van der Waals surface area contributed by atoms with Crippen LogP contribution in [0.5, 0.6) is 0 Å². The van der Waals surface area contributed by atoms with Crippen LogP contribution >= 0.6 is 0 Å². The number of hydrogen-bond donors (Lipinski definition) is 1. The smallest absolute Gasteiger partial charge is 0.261 e. The van der Waals surface area contributed by atoms with E-state index < -0.39 is 17.7 Å². The van der Waals surface area contributed by atoms with Gasteiger partial charge >= 0.3 is 0 Å². The first-order valence-corrected chi connectivity index (χ1v) is 6.79. The van der Waals surface area contributed by atoms with Crippen LogP contribution in [0.1, 0.15) is 15.9 Å². The lowest BCUT2D eigenvalue weighted by Crippen LogP contribution is -2.48. The number of imide groups is 1. The molecule has 0 saturated heterocycles. The van der Waals surface area contributed by atoms with Crippen LogP contribution in [0.3, 0.4) is 0 Å². The predicted molar refractivity (Wildman–Crippen MR) is 77.9 cm³/mol. The van der Waals surface area contributed by atoms with Gasteiger partial charge in [-0.15, -0.1) is 0 Å². The fraction of sp³-hybridized carbons (Fsp3) is 0.333. The Hall–Kier alpha value is -2.70. The molecular weight excluding hydrogens is 286 g/mol. The Morgan fingerprint density at radius 1 is 1.23 bits per heavy atom. The quantitative estimate of drug-likeness (QED) is 0.754. The zero-order valence-corrected chi connectivity index (χ0v) is 12.5. The normalized spacial score (nSPS) is 13.6. The molecule has 22 heavy (non-hydrogen) atoms. The lowest BCUT2D eigenvalue weighted by Gasteiger charge is -2.26. The molecule has 1 aliphatic rings. The van der Waals surface area contributed by atoms with E-state index in [2.05, 4.69) is 5.32 Å². The summed E-state index contributed by atoms with van der Waals surface area (Å²) in [6.07, 6.45) is 0.0891. The van der Waals surface area contributed by atoms with E-state index in [-0.39, 0.29) is 25.4 Å². The molecule has 0 atom stereocenters. The molecule has 0 bridgehead atoms. The minimum absolute atomic E-state index is 0.0891. The van der Waals surface area contributed by atoms with Crippen molar-refractivity contribution < 1.29 is 19.2 Å². The van der Waals surface area contributed by atoms with E-state index in [1.165, 1.54) is 4.90 Å². The first kappa shape index (κ1) is 15.7. The number of benzene rings is 1. The highest BCUT2D eigenvalue weighted by molar-refractivity contribution is 6.11. The van der Waals surface area contributed by atoms with Gasteiger partial charge in [-0.2, -0.15) is 0 Å². The number of nitrogens with one attached hydrogen (secondary N) is 1. The van der Waals surface area contributed by atoms with E-state index in [0.717, 1.165) is 4.90 Å². The Balaban J connectivity index is 2.01. The van der Waals surface area contributed by atoms with Crippen LogP contribution in [0, 0.1) is 0 Å². The third-order valence-corrected chi connectivity index (χ3v) is 3.37. The molecule has 4 amide bonds. The van der Waals surface area contributed by atoms with Crippen molar-refractivity contribution in [3.8, 4) is 0 Å². The van der Waals surface area contributed by atoms with Crippen molar-refractivity contribution >= 4 is 23.6 Å². The van der Waals surface area contributed by atoms with E-state index in [1.54, 1.807) is 38.4 Å². The molecule has 7 nitrogen and oxygen atoms in total. The van der Waals surface area contributed by atoms with Crippen LogP contribution in [0.15, 0.2) is 24.3 Å². The van der Waals surface area contributed by atoms with Gasteiger partial charge < -0.3 is 10.2 Å². The van der Waals surface area contributed by atoms with Crippen molar-refractivity contribution in [1.29, 1.82) is 0 Å². The van der Waals surface area contributed by atoms with Crippen molar-refractivity contribution in [2.45, 2.75) is 6.42 Å². The second-order valence-corrected chi connectivity index (χ2v) is 5.18. The molecule has 1 N–H and O–H groups in total. The summed E-state index contributed by atoms with van der Waals surface area (Å²) < 4.78 is 0. The SMILES string of the molecule is CN(C)C(=O)CNC(=O)CN1C(=O)Cc2ccccc2C1=O. The summed E-state index contributed by atoms with van der Waals surface area (Å²) >= 11 is 0. The fourth-order valence-corrected chi connectivity index (χ4v) is 2.09. The molecule has 0 aromatic heterocycles. The van der Waals surface area contributed by atoms with Gasteiger partial charge in [-0.1, -0.05) is 18.2 Å². The van der Waals surface area contributed by atoms with Crippen LogP contribution in [0.2, 0.25) is 0 Å². The van der Waals surface area contributed by atoms with Crippen molar-refractivity contribution in [3.05, 3.63) is 35.4 Å². The largest absolute Gasteiger partial charge is 0.347 e. The molecule has 2 rings (SSSR count). The summed E-state index contributed by atoms with van der Waals surface area (Å²) in [5.74, 6) is -1.72. The first-order valence-electron chi connectivity index (χ1n) is 6.79. The lowest BCUT2D eigenvalue weighted by atomic mass is 9.98. The van der Waals surface area contributed by atoms with E-state index in [4.69, 9.17) is 0 Å². The molecule has 0 aliphatic carbocycles. The summed E-state index contributed by atoms with van der Waals surface area (Å²) in [5.41, 5.74) is 1.09. The number of carbonyl (C=O) groups excluding carboxylic acids is 4. The zero-order valence-electron chi connectivity index (χ0n) is 12.5. The van der Waals surface area contributed by atoms with Gasteiger partial charge in [0.1, 0.15) is 6.54 Å². The van der Waals surface area contributed by atoms with Crippen LogP contribution in [-0.2, 0) is 20.8 Å². The molecule has 0 saturated carbocycles. The second kappa shape index (κ2) is 6.38. The molecule has 1 aromatic rings. The minimum Gasteiger partial charge on any atom is -0.347 e. The summed E-state index contributed by atoms with van der Waals surface area (Å²) in [7, 11) is 3.15. The number of nitrogens with zero attached hydrogens (tertiary/aromatic N) is 2. The van der Waals surface area contributed by atoms with Crippen molar-refractivity contribution in [3.63, 3.8) is 0 Å². The standard InChI is InChI=1S/C15H17N3O4/c1-17(2)14(21)8-16-12(19)9-18-13(20)7-10-5-3-4-6-11(10)15(18)22/h3-6H,7-9H2,1-2H3,(H,16,19). The number of rotatable bonds is 4. The maximum absolute atomic E-state index is 12.3. The van der Waals surface area contributed by atoms with Crippen molar-refractivity contribution in [1.82, 2.24) is 15.1 Å². The highest BCUT2D eigenvalue weighted by Crippen LogP contribution is 2.19. The number of carbonyl (C=O) groups is 4. The molecular formula is C15H17N3O4. The fourth-order valence-electron chi connectivity index (χ4n) is 2.09. The number of likely N-dealkylation sites (N-methyl/N-ethyl adjacent to an activating group) is 1. The Labute approximate surface area is 127 Å². The Kier molecular flexibility index (Phi) is 4.55. The lowest BCUT2D eigenvalue weighted by molar-refractivity contribution is -0.134. The number of hydrogen-bond acceptors (Lipinski definition) is 4. The second-order valence-electron chi connectivity index (χ2n) is 5.18. The van der Waals surface area contributed by atoms with Gasteiger partial charge in [0.05, 0.1) is 13.0 Å².